The SMILES string of the molecule is Cc1cc(C)c(Cn2nc(C(C)(C)C)nc2C(=O)[O-])c(C)c1. The fraction of sp³-hybridized carbons (Fsp3) is 0.471. The number of aromatic nitrogens is 3. The molecule has 0 saturated carbocycles. The number of aromatic carboxylic acids is 1. The molecule has 0 bridgehead atoms. The van der Waals surface area contributed by atoms with Crippen LogP contribution in [-0.4, -0.2) is 20.7 Å². The highest BCUT2D eigenvalue weighted by atomic mass is 16.4. The number of hydrogen-bond donors (Lipinski definition) is 0. The minimum absolute atomic E-state index is 0.121. The van der Waals surface area contributed by atoms with E-state index in [4.69, 9.17) is 0 Å². The quantitative estimate of drug-likeness (QED) is 0.868. The molecule has 0 amide bonds. The maximum absolute atomic E-state index is 11.3. The van der Waals surface area contributed by atoms with Crippen LogP contribution in [-0.2, 0) is 12.0 Å². The van der Waals surface area contributed by atoms with Gasteiger partial charge in [0.05, 0.1) is 6.54 Å². The van der Waals surface area contributed by atoms with Crippen molar-refractivity contribution < 1.29 is 9.90 Å². The van der Waals surface area contributed by atoms with E-state index in [1.807, 2.05) is 41.5 Å². The molecule has 0 N–H and O–H groups in total. The number of carboxylic acid groups (broad SMARTS) is 1. The molecular weight excluding hydrogens is 278 g/mol. The van der Waals surface area contributed by atoms with Gasteiger partial charge in [0.25, 0.3) is 0 Å². The Labute approximate surface area is 131 Å². The molecule has 0 spiro atoms. The lowest BCUT2D eigenvalue weighted by molar-refractivity contribution is -0.256. The second-order valence-corrected chi connectivity index (χ2v) is 6.83. The third-order valence-electron chi connectivity index (χ3n) is 3.67. The van der Waals surface area contributed by atoms with Crippen LogP contribution in [0.2, 0.25) is 0 Å². The molecule has 2 aromatic rings. The van der Waals surface area contributed by atoms with Gasteiger partial charge in [0.1, 0.15) is 5.97 Å². The molecule has 1 aromatic heterocycles. The Hall–Kier alpha value is -2.17. The number of carboxylic acids is 1. The summed E-state index contributed by atoms with van der Waals surface area (Å²) < 4.78 is 1.43. The van der Waals surface area contributed by atoms with Crippen molar-refractivity contribution in [1.82, 2.24) is 14.8 Å². The lowest BCUT2D eigenvalue weighted by atomic mass is 9.96. The van der Waals surface area contributed by atoms with E-state index in [2.05, 4.69) is 22.2 Å². The fourth-order valence-electron chi connectivity index (χ4n) is 2.53. The Bertz CT molecular complexity index is 701. The molecule has 0 saturated heterocycles. The van der Waals surface area contributed by atoms with Crippen molar-refractivity contribution >= 4 is 5.97 Å². The second-order valence-electron chi connectivity index (χ2n) is 6.83. The first-order valence-electron chi connectivity index (χ1n) is 7.33. The zero-order valence-electron chi connectivity index (χ0n) is 14.0. The molecule has 0 aliphatic heterocycles. The van der Waals surface area contributed by atoms with Gasteiger partial charge in [-0.15, -0.1) is 0 Å². The lowest BCUT2D eigenvalue weighted by Crippen LogP contribution is -2.27. The largest absolute Gasteiger partial charge is 0.542 e. The Kier molecular flexibility index (Phi) is 4.09. The molecule has 5 nitrogen and oxygen atoms in total. The molecule has 2 rings (SSSR count). The summed E-state index contributed by atoms with van der Waals surface area (Å²) in [6, 6.07) is 4.17. The van der Waals surface area contributed by atoms with Gasteiger partial charge in [-0.1, -0.05) is 38.5 Å². The van der Waals surface area contributed by atoms with Crippen LogP contribution in [0.4, 0.5) is 0 Å². The number of rotatable bonds is 3. The highest BCUT2D eigenvalue weighted by molar-refractivity contribution is 5.81. The topological polar surface area (TPSA) is 70.8 Å². The van der Waals surface area contributed by atoms with E-state index < -0.39 is 5.97 Å². The number of aryl methyl sites for hydroxylation is 3. The van der Waals surface area contributed by atoms with Gasteiger partial charge in [0.2, 0.25) is 0 Å². The summed E-state index contributed by atoms with van der Waals surface area (Å²) in [6.45, 7) is 12.3. The van der Waals surface area contributed by atoms with Crippen molar-refractivity contribution in [3.63, 3.8) is 0 Å². The molecule has 1 aromatic carbocycles. The number of carbonyl (C=O) groups is 1. The van der Waals surface area contributed by atoms with E-state index in [1.165, 1.54) is 10.2 Å². The van der Waals surface area contributed by atoms with E-state index in [0.29, 0.717) is 12.4 Å². The molecule has 0 atom stereocenters. The molecule has 1 heterocycles. The average Bonchev–Trinajstić information content (AvgIpc) is 2.77. The average molecular weight is 300 g/mol. The van der Waals surface area contributed by atoms with E-state index in [0.717, 1.165) is 16.7 Å². The van der Waals surface area contributed by atoms with Crippen LogP contribution >= 0.6 is 0 Å². The summed E-state index contributed by atoms with van der Waals surface area (Å²) in [5.41, 5.74) is 4.18. The first kappa shape index (κ1) is 16.2. The first-order chi connectivity index (χ1) is 10.1. The highest BCUT2D eigenvalue weighted by Gasteiger charge is 2.22. The maximum atomic E-state index is 11.3. The third-order valence-corrected chi connectivity index (χ3v) is 3.67. The number of carbonyl (C=O) groups excluding carboxylic acids is 1. The zero-order chi connectivity index (χ0) is 16.7. The molecular formula is C17H22N3O2-. The van der Waals surface area contributed by atoms with Gasteiger partial charge in [-0.05, 0) is 37.5 Å². The zero-order valence-corrected chi connectivity index (χ0v) is 14.0. The van der Waals surface area contributed by atoms with Crippen LogP contribution in [0, 0.1) is 20.8 Å². The highest BCUT2D eigenvalue weighted by Crippen LogP contribution is 2.21. The van der Waals surface area contributed by atoms with Gasteiger partial charge in [-0.25, -0.2) is 9.67 Å². The minimum Gasteiger partial charge on any atom is -0.542 e. The molecule has 0 radical (unpaired) electrons. The van der Waals surface area contributed by atoms with E-state index in [1.54, 1.807) is 0 Å². The normalized spacial score (nSPS) is 11.7. The van der Waals surface area contributed by atoms with Crippen molar-refractivity contribution in [1.29, 1.82) is 0 Å². The molecule has 118 valence electrons. The van der Waals surface area contributed by atoms with Gasteiger partial charge >= 0.3 is 0 Å². The van der Waals surface area contributed by atoms with Gasteiger partial charge in [0.15, 0.2) is 11.6 Å². The number of nitrogens with zero attached hydrogens (tertiary/aromatic N) is 3. The van der Waals surface area contributed by atoms with Crippen LogP contribution in [0.25, 0.3) is 0 Å². The molecule has 0 aliphatic rings. The Morgan fingerprint density at radius 1 is 1.18 bits per heavy atom. The monoisotopic (exact) mass is 300 g/mol. The molecule has 22 heavy (non-hydrogen) atoms. The summed E-state index contributed by atoms with van der Waals surface area (Å²) in [7, 11) is 0. The summed E-state index contributed by atoms with van der Waals surface area (Å²) >= 11 is 0. The predicted molar refractivity (Wildman–Crippen MR) is 82.8 cm³/mol. The van der Waals surface area contributed by atoms with Crippen molar-refractivity contribution in [2.45, 2.75) is 53.5 Å². The first-order valence-corrected chi connectivity index (χ1v) is 7.33. The van der Waals surface area contributed by atoms with Crippen molar-refractivity contribution in [3.8, 4) is 0 Å². The molecule has 5 heteroatoms. The van der Waals surface area contributed by atoms with Crippen LogP contribution in [0.1, 0.15) is 59.5 Å². The van der Waals surface area contributed by atoms with Crippen molar-refractivity contribution in [2.24, 2.45) is 0 Å². The van der Waals surface area contributed by atoms with Crippen LogP contribution in [0.15, 0.2) is 12.1 Å². The molecule has 0 unspecified atom stereocenters. The second kappa shape index (κ2) is 5.55. The minimum atomic E-state index is -1.30. The fourth-order valence-corrected chi connectivity index (χ4v) is 2.53. The predicted octanol–water partition coefficient (Wildman–Crippen LogP) is 1.91. The van der Waals surface area contributed by atoms with Gasteiger partial charge in [-0.3, -0.25) is 0 Å². The number of hydrogen-bond acceptors (Lipinski definition) is 4. The Morgan fingerprint density at radius 2 is 1.73 bits per heavy atom. The summed E-state index contributed by atoms with van der Waals surface area (Å²) in [5.74, 6) is -0.913. The Morgan fingerprint density at radius 3 is 2.18 bits per heavy atom. The van der Waals surface area contributed by atoms with Crippen molar-refractivity contribution in [3.05, 3.63) is 46.0 Å². The van der Waals surface area contributed by atoms with E-state index in [9.17, 15) is 9.90 Å². The smallest absolute Gasteiger partial charge is 0.174 e. The molecule has 0 aliphatic carbocycles. The number of benzene rings is 1. The molecule has 0 fully saturated rings. The lowest BCUT2D eigenvalue weighted by Gasteiger charge is -2.14. The van der Waals surface area contributed by atoms with Gasteiger partial charge < -0.3 is 9.90 Å². The van der Waals surface area contributed by atoms with Crippen LogP contribution in [0.5, 0.6) is 0 Å². The summed E-state index contributed by atoms with van der Waals surface area (Å²) in [5, 5.41) is 15.7. The van der Waals surface area contributed by atoms with E-state index in [-0.39, 0.29) is 11.2 Å². The Balaban J connectivity index is 2.50. The van der Waals surface area contributed by atoms with Crippen molar-refractivity contribution in [2.75, 3.05) is 0 Å². The standard InChI is InChI=1S/C17H23N3O2/c1-10-7-11(2)13(12(3)8-10)9-20-14(15(21)22)18-16(19-20)17(4,5)6/h7-8H,9H2,1-6H3,(H,21,22)/p-1. The summed E-state index contributed by atoms with van der Waals surface area (Å²) in [4.78, 5) is 15.5. The summed E-state index contributed by atoms with van der Waals surface area (Å²) in [6.07, 6.45) is 0. The third kappa shape index (κ3) is 3.18. The van der Waals surface area contributed by atoms with E-state index >= 15 is 0 Å². The van der Waals surface area contributed by atoms with Crippen LogP contribution in [0.3, 0.4) is 0 Å². The maximum Gasteiger partial charge on any atom is 0.174 e. The van der Waals surface area contributed by atoms with Gasteiger partial charge in [-0.2, -0.15) is 5.10 Å². The van der Waals surface area contributed by atoms with Gasteiger partial charge in [0, 0.05) is 5.41 Å². The van der Waals surface area contributed by atoms with Crippen LogP contribution < -0.4 is 5.11 Å².